The second kappa shape index (κ2) is 4.60. The molecule has 1 spiro atoms. The number of amides is 3. The summed E-state index contributed by atoms with van der Waals surface area (Å²) >= 11 is 3.34. The van der Waals surface area contributed by atoms with E-state index >= 15 is 0 Å². The summed E-state index contributed by atoms with van der Waals surface area (Å²) in [6, 6.07) is 0. The molecular weight excluding hydrogens is 388 g/mol. The first-order chi connectivity index (χ1) is 11.9. The van der Waals surface area contributed by atoms with Crippen LogP contribution < -0.4 is 5.43 Å². The van der Waals surface area contributed by atoms with Crippen LogP contribution in [0, 0.1) is 36.0 Å². The van der Waals surface area contributed by atoms with Gasteiger partial charge in [0.15, 0.2) is 5.69 Å². The number of imide groups is 1. The molecule has 7 nitrogen and oxygen atoms in total. The normalized spacial score (nSPS) is 33.5. The van der Waals surface area contributed by atoms with Crippen LogP contribution in [0.15, 0.2) is 16.6 Å². The van der Waals surface area contributed by atoms with Gasteiger partial charge in [-0.1, -0.05) is 12.2 Å². The van der Waals surface area contributed by atoms with Crippen molar-refractivity contribution in [3.63, 3.8) is 0 Å². The Labute approximate surface area is 152 Å². The molecule has 8 heteroatoms. The average molecular weight is 405 g/mol. The molecule has 1 N–H and O–H groups in total. The standard InChI is InChI=1S/C17H17BrN4O3/c1-7-12(18)13(19-21(7)2)14(23)20-22-15(24)10-8-3-4-9(11(10)16(22)25)17(8)5-6-17/h3-4,8-11H,5-6H2,1-2H3,(H,20,23)/t8-,9-,10-,11+/m1/s1. The summed E-state index contributed by atoms with van der Waals surface area (Å²) in [4.78, 5) is 38.2. The Bertz CT molecular complexity index is 851. The maximum Gasteiger partial charge on any atom is 0.291 e. The number of fused-ring (bicyclic) bond motifs is 3. The molecule has 0 unspecified atom stereocenters. The fourth-order valence-electron chi connectivity index (χ4n) is 5.07. The Kier molecular flexibility index (Phi) is 2.82. The topological polar surface area (TPSA) is 84.3 Å². The molecule has 2 saturated carbocycles. The lowest BCUT2D eigenvalue weighted by molar-refractivity contribution is -0.144. The van der Waals surface area contributed by atoms with Gasteiger partial charge in [-0.25, -0.2) is 0 Å². The molecule has 1 aromatic heterocycles. The quantitative estimate of drug-likeness (QED) is 0.595. The number of nitrogens with one attached hydrogen (secondary N) is 1. The van der Waals surface area contributed by atoms with E-state index in [1.54, 1.807) is 11.7 Å². The Morgan fingerprint density at radius 3 is 2.24 bits per heavy atom. The third-order valence-electron chi connectivity index (χ3n) is 6.54. The molecule has 25 heavy (non-hydrogen) atoms. The number of hydrogen-bond acceptors (Lipinski definition) is 4. The molecule has 3 aliphatic carbocycles. The summed E-state index contributed by atoms with van der Waals surface area (Å²) in [7, 11) is 1.73. The zero-order valence-corrected chi connectivity index (χ0v) is 15.4. The van der Waals surface area contributed by atoms with Crippen LogP contribution in [0.1, 0.15) is 29.0 Å². The summed E-state index contributed by atoms with van der Waals surface area (Å²) in [5, 5.41) is 5.07. The molecule has 2 bridgehead atoms. The van der Waals surface area contributed by atoms with Gasteiger partial charge in [0.25, 0.3) is 17.7 Å². The summed E-state index contributed by atoms with van der Waals surface area (Å²) in [5.41, 5.74) is 3.59. The summed E-state index contributed by atoms with van der Waals surface area (Å²) in [6.07, 6.45) is 6.40. The third kappa shape index (κ3) is 1.71. The molecule has 1 aromatic rings. The minimum Gasteiger partial charge on any atom is -0.272 e. The van der Waals surface area contributed by atoms with E-state index in [-0.39, 0.29) is 46.6 Å². The molecule has 3 fully saturated rings. The van der Waals surface area contributed by atoms with Crippen molar-refractivity contribution in [3.8, 4) is 0 Å². The predicted molar refractivity (Wildman–Crippen MR) is 89.7 cm³/mol. The SMILES string of the molecule is Cc1c(Br)c(C(=O)NN2C(=O)[C@@H]3[C@H](C2=O)[C@H]2C=C[C@H]3C23CC3)nn1C. The summed E-state index contributed by atoms with van der Waals surface area (Å²) < 4.78 is 2.13. The number of halogens is 1. The van der Waals surface area contributed by atoms with Crippen LogP contribution in [0.5, 0.6) is 0 Å². The zero-order chi connectivity index (χ0) is 17.7. The monoisotopic (exact) mass is 404 g/mol. The maximum atomic E-state index is 12.8. The van der Waals surface area contributed by atoms with Crippen molar-refractivity contribution in [2.75, 3.05) is 0 Å². The number of carbonyl (C=O) groups excluding carboxylic acids is 3. The number of rotatable bonds is 2. The highest BCUT2D eigenvalue weighted by molar-refractivity contribution is 9.10. The molecular formula is C17H17BrN4O3. The van der Waals surface area contributed by atoms with E-state index in [1.807, 2.05) is 6.92 Å². The lowest BCUT2D eigenvalue weighted by atomic mass is 9.85. The molecule has 1 aliphatic heterocycles. The fourth-order valence-corrected chi connectivity index (χ4v) is 5.59. The van der Waals surface area contributed by atoms with Crippen LogP contribution in [0.3, 0.4) is 0 Å². The lowest BCUT2D eigenvalue weighted by Crippen LogP contribution is -2.48. The Hall–Kier alpha value is -1.96. The second-order valence-electron chi connectivity index (χ2n) is 7.55. The lowest BCUT2D eigenvalue weighted by Gasteiger charge is -2.21. The average Bonchev–Trinajstić information content (AvgIpc) is 3.11. The van der Waals surface area contributed by atoms with Crippen molar-refractivity contribution in [1.29, 1.82) is 0 Å². The van der Waals surface area contributed by atoms with E-state index in [0.717, 1.165) is 23.5 Å². The molecule has 3 amide bonds. The number of aryl methyl sites for hydroxylation is 1. The first-order valence-corrected chi connectivity index (χ1v) is 9.22. The van der Waals surface area contributed by atoms with E-state index in [1.165, 1.54) is 0 Å². The van der Waals surface area contributed by atoms with Gasteiger partial charge in [0.05, 0.1) is 22.0 Å². The molecule has 4 aliphatic rings. The molecule has 4 atom stereocenters. The smallest absolute Gasteiger partial charge is 0.272 e. The van der Waals surface area contributed by atoms with Crippen molar-refractivity contribution < 1.29 is 14.4 Å². The number of nitrogens with zero attached hydrogens (tertiary/aromatic N) is 3. The highest BCUT2D eigenvalue weighted by atomic mass is 79.9. The van der Waals surface area contributed by atoms with Gasteiger partial charge in [-0.05, 0) is 52.9 Å². The minimum absolute atomic E-state index is 0.143. The molecule has 5 rings (SSSR count). The Morgan fingerprint density at radius 1 is 1.24 bits per heavy atom. The van der Waals surface area contributed by atoms with Crippen LogP contribution in [-0.2, 0) is 16.6 Å². The van der Waals surface area contributed by atoms with E-state index < -0.39 is 5.91 Å². The van der Waals surface area contributed by atoms with Crippen molar-refractivity contribution >= 4 is 33.7 Å². The highest BCUT2D eigenvalue weighted by Gasteiger charge is 2.73. The zero-order valence-electron chi connectivity index (χ0n) is 13.8. The fraction of sp³-hybridized carbons (Fsp3) is 0.529. The van der Waals surface area contributed by atoms with Gasteiger partial charge in [-0.15, -0.1) is 0 Å². The highest BCUT2D eigenvalue weighted by Crippen LogP contribution is 2.73. The number of allylic oxidation sites excluding steroid dienone is 2. The van der Waals surface area contributed by atoms with E-state index in [0.29, 0.717) is 4.47 Å². The van der Waals surface area contributed by atoms with Crippen LogP contribution in [0.25, 0.3) is 0 Å². The summed E-state index contributed by atoms with van der Waals surface area (Å²) in [5.74, 6) is -1.48. The van der Waals surface area contributed by atoms with Gasteiger partial charge >= 0.3 is 0 Å². The van der Waals surface area contributed by atoms with Crippen LogP contribution in [0.2, 0.25) is 0 Å². The first-order valence-electron chi connectivity index (χ1n) is 8.43. The summed E-state index contributed by atoms with van der Waals surface area (Å²) in [6.45, 7) is 1.82. The number of hydrazine groups is 1. The molecule has 130 valence electrons. The van der Waals surface area contributed by atoms with Gasteiger partial charge in [-0.2, -0.15) is 10.1 Å². The van der Waals surface area contributed by atoms with Gasteiger partial charge in [0, 0.05) is 7.05 Å². The van der Waals surface area contributed by atoms with Gasteiger partial charge in [0.1, 0.15) is 0 Å². The molecule has 0 radical (unpaired) electrons. The van der Waals surface area contributed by atoms with Crippen molar-refractivity contribution in [3.05, 3.63) is 28.0 Å². The predicted octanol–water partition coefficient (Wildman–Crippen LogP) is 1.33. The Morgan fingerprint density at radius 2 is 1.80 bits per heavy atom. The van der Waals surface area contributed by atoms with Crippen LogP contribution in [-0.4, -0.2) is 32.5 Å². The minimum atomic E-state index is -0.557. The van der Waals surface area contributed by atoms with Crippen LogP contribution >= 0.6 is 15.9 Å². The Balaban J connectivity index is 1.42. The van der Waals surface area contributed by atoms with Gasteiger partial charge < -0.3 is 0 Å². The van der Waals surface area contributed by atoms with Gasteiger partial charge in [0.2, 0.25) is 0 Å². The van der Waals surface area contributed by atoms with Gasteiger partial charge in [-0.3, -0.25) is 24.5 Å². The van der Waals surface area contributed by atoms with E-state index in [4.69, 9.17) is 0 Å². The largest absolute Gasteiger partial charge is 0.291 e. The first kappa shape index (κ1) is 15.3. The maximum absolute atomic E-state index is 12.8. The second-order valence-corrected chi connectivity index (χ2v) is 8.34. The van der Waals surface area contributed by atoms with Crippen LogP contribution in [0.4, 0.5) is 0 Å². The van der Waals surface area contributed by atoms with E-state index in [9.17, 15) is 14.4 Å². The van der Waals surface area contributed by atoms with Crippen molar-refractivity contribution in [1.82, 2.24) is 20.2 Å². The van der Waals surface area contributed by atoms with E-state index in [2.05, 4.69) is 38.6 Å². The number of carbonyl (C=O) groups is 3. The molecule has 1 saturated heterocycles. The number of aromatic nitrogens is 2. The third-order valence-corrected chi connectivity index (χ3v) is 7.49. The molecule has 2 heterocycles. The van der Waals surface area contributed by atoms with Crippen molar-refractivity contribution in [2.24, 2.45) is 36.1 Å². The van der Waals surface area contributed by atoms with Crippen molar-refractivity contribution in [2.45, 2.75) is 19.8 Å². The molecule has 0 aromatic carbocycles. The number of hydrogen-bond donors (Lipinski definition) is 1.